The average Bonchev–Trinajstić information content (AvgIpc) is 3.06. The number of ether oxygens (including phenoxy) is 2. The van der Waals surface area contributed by atoms with Gasteiger partial charge in [-0.1, -0.05) is 41.0 Å². The van der Waals surface area contributed by atoms with Crippen molar-refractivity contribution in [3.8, 4) is 11.5 Å². The molecule has 1 aromatic heterocycles. The van der Waals surface area contributed by atoms with E-state index in [0.717, 1.165) is 0 Å². The first-order chi connectivity index (χ1) is 14.4. The zero-order chi connectivity index (χ0) is 21.7. The van der Waals surface area contributed by atoms with E-state index in [4.69, 9.17) is 32.7 Å². The molecular weight excluding hydrogens is 447 g/mol. The summed E-state index contributed by atoms with van der Waals surface area (Å²) in [7, 11) is 3.43. The largest absolute Gasteiger partial charge is 0.497 e. The van der Waals surface area contributed by atoms with E-state index < -0.39 is 0 Å². The number of nitrogens with one attached hydrogen (secondary N) is 1. The summed E-state index contributed by atoms with van der Waals surface area (Å²) >= 11 is 13.2. The Balaban J connectivity index is 1.59. The number of carbonyl (C=O) groups is 1. The van der Waals surface area contributed by atoms with Gasteiger partial charge in [0.05, 0.1) is 12.9 Å². The second-order valence-corrected chi connectivity index (χ2v) is 8.15. The molecule has 1 amide bonds. The Morgan fingerprint density at radius 2 is 1.87 bits per heavy atom. The van der Waals surface area contributed by atoms with Crippen molar-refractivity contribution in [2.45, 2.75) is 18.2 Å². The summed E-state index contributed by atoms with van der Waals surface area (Å²) in [6.07, 6.45) is -0.341. The van der Waals surface area contributed by atoms with E-state index in [9.17, 15) is 4.79 Å². The number of thioether (sulfide) groups is 1. The normalized spacial score (nSPS) is 11.8. The summed E-state index contributed by atoms with van der Waals surface area (Å²) in [5.74, 6) is 1.96. The average molecular weight is 467 g/mol. The number of benzene rings is 2. The number of hydrogen-bond acceptors (Lipinski definition) is 6. The maximum atomic E-state index is 12.2. The summed E-state index contributed by atoms with van der Waals surface area (Å²) in [6, 6.07) is 12.2. The van der Waals surface area contributed by atoms with Crippen molar-refractivity contribution in [2.75, 3.05) is 18.2 Å². The SMILES string of the molecule is COc1cccc(OC(C)c2nnc(SCC(=O)Nc3cc(Cl)cc(Cl)c3)n2C)c1. The van der Waals surface area contributed by atoms with E-state index in [1.165, 1.54) is 11.8 Å². The Morgan fingerprint density at radius 1 is 1.17 bits per heavy atom. The predicted octanol–water partition coefficient (Wildman–Crippen LogP) is 5.00. The molecule has 0 saturated heterocycles. The molecule has 1 atom stereocenters. The molecule has 3 rings (SSSR count). The van der Waals surface area contributed by atoms with Crippen LogP contribution < -0.4 is 14.8 Å². The molecule has 1 N–H and O–H groups in total. The van der Waals surface area contributed by atoms with E-state index in [-0.39, 0.29) is 17.8 Å². The van der Waals surface area contributed by atoms with Gasteiger partial charge in [-0.15, -0.1) is 10.2 Å². The van der Waals surface area contributed by atoms with Crippen LogP contribution in [0, 0.1) is 0 Å². The number of anilines is 1. The summed E-state index contributed by atoms with van der Waals surface area (Å²) < 4.78 is 13.0. The first-order valence-corrected chi connectivity index (χ1v) is 10.7. The van der Waals surface area contributed by atoms with Gasteiger partial charge in [0.25, 0.3) is 0 Å². The number of hydrogen-bond donors (Lipinski definition) is 1. The van der Waals surface area contributed by atoms with Gasteiger partial charge >= 0.3 is 0 Å². The lowest BCUT2D eigenvalue weighted by Crippen LogP contribution is -2.15. The minimum Gasteiger partial charge on any atom is -0.497 e. The highest BCUT2D eigenvalue weighted by Gasteiger charge is 2.18. The van der Waals surface area contributed by atoms with Gasteiger partial charge in [-0.25, -0.2) is 0 Å². The molecule has 0 fully saturated rings. The van der Waals surface area contributed by atoms with Crippen LogP contribution in [0.15, 0.2) is 47.6 Å². The Labute approximate surface area is 188 Å². The lowest BCUT2D eigenvalue weighted by molar-refractivity contribution is -0.113. The van der Waals surface area contributed by atoms with Crippen molar-refractivity contribution >= 4 is 46.6 Å². The third-order valence-corrected chi connectivity index (χ3v) is 5.52. The highest BCUT2D eigenvalue weighted by molar-refractivity contribution is 7.99. The molecular formula is C20H20Cl2N4O3S. The smallest absolute Gasteiger partial charge is 0.234 e. The highest BCUT2D eigenvalue weighted by atomic mass is 35.5. The molecule has 1 unspecified atom stereocenters. The van der Waals surface area contributed by atoms with Gasteiger partial charge in [0.15, 0.2) is 17.1 Å². The minimum atomic E-state index is -0.341. The van der Waals surface area contributed by atoms with E-state index in [2.05, 4.69) is 15.5 Å². The highest BCUT2D eigenvalue weighted by Crippen LogP contribution is 2.26. The Morgan fingerprint density at radius 3 is 2.57 bits per heavy atom. The van der Waals surface area contributed by atoms with Gasteiger partial charge in [-0.2, -0.15) is 0 Å². The molecule has 0 spiro atoms. The van der Waals surface area contributed by atoms with Crippen LogP contribution in [0.1, 0.15) is 18.9 Å². The number of rotatable bonds is 8. The van der Waals surface area contributed by atoms with Crippen molar-refractivity contribution in [1.82, 2.24) is 14.8 Å². The van der Waals surface area contributed by atoms with Gasteiger partial charge in [-0.05, 0) is 37.3 Å². The van der Waals surface area contributed by atoms with Crippen molar-refractivity contribution in [3.63, 3.8) is 0 Å². The molecule has 1 heterocycles. The lowest BCUT2D eigenvalue weighted by atomic mass is 10.3. The van der Waals surface area contributed by atoms with Gasteiger partial charge in [0.2, 0.25) is 5.91 Å². The molecule has 0 aliphatic carbocycles. The van der Waals surface area contributed by atoms with E-state index in [0.29, 0.717) is 38.2 Å². The van der Waals surface area contributed by atoms with Crippen LogP contribution >= 0.6 is 35.0 Å². The Kier molecular flexibility index (Phi) is 7.47. The van der Waals surface area contributed by atoms with Crippen LogP contribution in [-0.4, -0.2) is 33.5 Å². The van der Waals surface area contributed by atoms with E-state index in [1.807, 2.05) is 32.2 Å². The quantitative estimate of drug-likeness (QED) is 0.470. The molecule has 0 radical (unpaired) electrons. The molecule has 10 heteroatoms. The Hall–Kier alpha value is -2.42. The Bertz CT molecular complexity index is 1020. The predicted molar refractivity (Wildman–Crippen MR) is 119 cm³/mol. The molecule has 0 aliphatic heterocycles. The number of methoxy groups -OCH3 is 1. The molecule has 0 aliphatic rings. The standard InChI is InChI=1S/C20H20Cl2N4O3S/c1-12(29-17-6-4-5-16(10-17)28-3)19-24-25-20(26(19)2)30-11-18(27)23-15-8-13(21)7-14(22)9-15/h4-10,12H,11H2,1-3H3,(H,23,27). The fourth-order valence-electron chi connectivity index (χ4n) is 2.69. The molecule has 2 aromatic carbocycles. The molecule has 30 heavy (non-hydrogen) atoms. The van der Waals surface area contributed by atoms with Crippen LogP contribution in [0.2, 0.25) is 10.0 Å². The zero-order valence-electron chi connectivity index (χ0n) is 16.6. The van der Waals surface area contributed by atoms with Crippen LogP contribution in [0.25, 0.3) is 0 Å². The number of nitrogens with zero attached hydrogens (tertiary/aromatic N) is 3. The van der Waals surface area contributed by atoms with Crippen molar-refractivity contribution in [3.05, 3.63) is 58.3 Å². The lowest BCUT2D eigenvalue weighted by Gasteiger charge is -2.14. The molecule has 0 bridgehead atoms. The summed E-state index contributed by atoms with van der Waals surface area (Å²) in [4.78, 5) is 12.2. The third-order valence-electron chi connectivity index (χ3n) is 4.06. The topological polar surface area (TPSA) is 78.3 Å². The monoisotopic (exact) mass is 466 g/mol. The zero-order valence-corrected chi connectivity index (χ0v) is 18.9. The van der Waals surface area contributed by atoms with Crippen LogP contribution in [0.3, 0.4) is 0 Å². The van der Waals surface area contributed by atoms with E-state index >= 15 is 0 Å². The molecule has 3 aromatic rings. The van der Waals surface area contributed by atoms with Crippen LogP contribution in [-0.2, 0) is 11.8 Å². The van der Waals surface area contributed by atoms with Crippen molar-refractivity contribution < 1.29 is 14.3 Å². The first kappa shape index (κ1) is 22.3. The van der Waals surface area contributed by atoms with Gasteiger partial charge in [0.1, 0.15) is 11.5 Å². The van der Waals surface area contributed by atoms with E-state index in [1.54, 1.807) is 35.9 Å². The third kappa shape index (κ3) is 5.81. The fourth-order valence-corrected chi connectivity index (χ4v) is 3.93. The molecule has 158 valence electrons. The second-order valence-electron chi connectivity index (χ2n) is 6.33. The second kappa shape index (κ2) is 10.1. The number of aromatic nitrogens is 3. The molecule has 7 nitrogen and oxygen atoms in total. The number of halogens is 2. The van der Waals surface area contributed by atoms with Crippen LogP contribution in [0.5, 0.6) is 11.5 Å². The summed E-state index contributed by atoms with van der Waals surface area (Å²) in [5.41, 5.74) is 0.539. The summed E-state index contributed by atoms with van der Waals surface area (Å²) in [6.45, 7) is 1.88. The molecule has 0 saturated carbocycles. The maximum absolute atomic E-state index is 12.2. The maximum Gasteiger partial charge on any atom is 0.234 e. The van der Waals surface area contributed by atoms with Crippen LogP contribution in [0.4, 0.5) is 5.69 Å². The first-order valence-electron chi connectivity index (χ1n) is 8.94. The van der Waals surface area contributed by atoms with Gasteiger partial charge in [0, 0.05) is 28.8 Å². The number of carbonyl (C=O) groups excluding carboxylic acids is 1. The van der Waals surface area contributed by atoms with Crippen molar-refractivity contribution in [2.24, 2.45) is 7.05 Å². The fraction of sp³-hybridized carbons (Fsp3) is 0.250. The van der Waals surface area contributed by atoms with Gasteiger partial charge < -0.3 is 19.4 Å². The number of amides is 1. The van der Waals surface area contributed by atoms with Crippen molar-refractivity contribution in [1.29, 1.82) is 0 Å². The summed E-state index contributed by atoms with van der Waals surface area (Å²) in [5, 5.41) is 12.6. The minimum absolute atomic E-state index is 0.154. The van der Waals surface area contributed by atoms with Gasteiger partial charge in [-0.3, -0.25) is 4.79 Å².